The number of hydrogen-bond acceptors (Lipinski definition) is 7. The molecule has 0 aromatic carbocycles. The Morgan fingerprint density at radius 3 is 2.86 bits per heavy atom. The fourth-order valence-corrected chi connectivity index (χ4v) is 2.43. The van der Waals surface area contributed by atoms with Crippen LogP contribution in [0, 0.1) is 0 Å². The first-order valence-electron chi connectivity index (χ1n) is 3.48. The zero-order chi connectivity index (χ0) is 9.97. The minimum absolute atomic E-state index is 0.0940. The maximum Gasteiger partial charge on any atom is 0.228 e. The molecule has 0 aliphatic carbocycles. The van der Waals surface area contributed by atoms with Crippen LogP contribution in [-0.4, -0.2) is 19.9 Å². The monoisotopic (exact) mass is 245 g/mol. The summed E-state index contributed by atoms with van der Waals surface area (Å²) in [5.74, 6) is 0.115. The average molecular weight is 246 g/mol. The molecular weight excluding hydrogens is 242 g/mol. The smallest absolute Gasteiger partial charge is 0.228 e. The first-order valence-corrected chi connectivity index (χ1v) is 5.56. The van der Waals surface area contributed by atoms with Crippen LogP contribution in [0.15, 0.2) is 21.1 Å². The second-order valence-corrected chi connectivity index (χ2v) is 4.59. The predicted octanol–water partition coefficient (Wildman–Crippen LogP) is 1.71. The van der Waals surface area contributed by atoms with Gasteiger partial charge in [-0.1, -0.05) is 0 Å². The van der Waals surface area contributed by atoms with Gasteiger partial charge in [0.15, 0.2) is 4.34 Å². The highest BCUT2D eigenvalue weighted by molar-refractivity contribution is 8.00. The summed E-state index contributed by atoms with van der Waals surface area (Å²) in [5.41, 5.74) is 5.41. The maximum atomic E-state index is 5.62. The molecule has 14 heavy (non-hydrogen) atoms. The zero-order valence-electron chi connectivity index (χ0n) is 6.72. The Labute approximate surface area is 92.8 Å². The van der Waals surface area contributed by atoms with Gasteiger partial charge in [0.05, 0.1) is 0 Å². The number of thiazole rings is 1. The van der Waals surface area contributed by atoms with Crippen molar-refractivity contribution in [1.29, 1.82) is 0 Å². The average Bonchev–Trinajstić information content (AvgIpc) is 2.54. The summed E-state index contributed by atoms with van der Waals surface area (Å²) in [5, 5.41) is 2.42. The van der Waals surface area contributed by atoms with Crippen LogP contribution in [0.25, 0.3) is 0 Å². The summed E-state index contributed by atoms with van der Waals surface area (Å²) in [6.07, 6.45) is 1.71. The number of aromatic nitrogens is 4. The second kappa shape index (κ2) is 4.07. The number of hydrogen-bond donors (Lipinski definition) is 1. The highest BCUT2D eigenvalue weighted by Crippen LogP contribution is 2.26. The molecule has 0 fully saturated rings. The van der Waals surface area contributed by atoms with Crippen molar-refractivity contribution in [1.82, 2.24) is 19.9 Å². The molecule has 2 rings (SSSR count). The topological polar surface area (TPSA) is 77.6 Å². The van der Waals surface area contributed by atoms with Gasteiger partial charge in [-0.15, -0.1) is 11.3 Å². The third-order valence-corrected chi connectivity index (χ3v) is 3.11. The van der Waals surface area contributed by atoms with Gasteiger partial charge in [0, 0.05) is 11.6 Å². The van der Waals surface area contributed by atoms with E-state index in [1.807, 2.05) is 5.38 Å². The van der Waals surface area contributed by atoms with Crippen LogP contribution in [0.2, 0.25) is 5.28 Å². The van der Waals surface area contributed by atoms with E-state index in [1.165, 1.54) is 23.1 Å². The summed E-state index contributed by atoms with van der Waals surface area (Å²) in [6, 6.07) is 0. The summed E-state index contributed by atoms with van der Waals surface area (Å²) >= 11 is 8.42. The van der Waals surface area contributed by atoms with E-state index in [2.05, 4.69) is 19.9 Å². The van der Waals surface area contributed by atoms with E-state index in [-0.39, 0.29) is 11.2 Å². The van der Waals surface area contributed by atoms with E-state index >= 15 is 0 Å². The van der Waals surface area contributed by atoms with E-state index < -0.39 is 0 Å². The van der Waals surface area contributed by atoms with Gasteiger partial charge in [0.2, 0.25) is 16.4 Å². The molecule has 72 valence electrons. The molecule has 2 aromatic heterocycles. The number of anilines is 1. The molecule has 0 atom stereocenters. The van der Waals surface area contributed by atoms with Crippen molar-refractivity contribution in [2.24, 2.45) is 0 Å². The van der Waals surface area contributed by atoms with Crippen molar-refractivity contribution in [2.45, 2.75) is 9.50 Å². The minimum atomic E-state index is 0.0940. The zero-order valence-corrected chi connectivity index (χ0v) is 9.10. The lowest BCUT2D eigenvalue weighted by Crippen LogP contribution is -1.98. The minimum Gasteiger partial charge on any atom is -0.368 e. The van der Waals surface area contributed by atoms with Crippen molar-refractivity contribution < 1.29 is 0 Å². The Morgan fingerprint density at radius 2 is 2.21 bits per heavy atom. The van der Waals surface area contributed by atoms with Crippen molar-refractivity contribution in [3.8, 4) is 0 Å². The third kappa shape index (κ3) is 2.31. The van der Waals surface area contributed by atoms with E-state index in [9.17, 15) is 0 Å². The molecule has 0 spiro atoms. The molecule has 0 amide bonds. The molecule has 0 radical (unpaired) electrons. The number of nitrogen functional groups attached to an aromatic ring is 1. The molecule has 0 bridgehead atoms. The van der Waals surface area contributed by atoms with Gasteiger partial charge < -0.3 is 5.73 Å². The summed E-state index contributed by atoms with van der Waals surface area (Å²) in [4.78, 5) is 15.5. The highest BCUT2D eigenvalue weighted by atomic mass is 35.5. The molecule has 5 nitrogen and oxygen atoms in total. The Morgan fingerprint density at radius 1 is 1.36 bits per heavy atom. The van der Waals surface area contributed by atoms with Gasteiger partial charge in [-0.3, -0.25) is 0 Å². The highest BCUT2D eigenvalue weighted by Gasteiger charge is 2.05. The quantitative estimate of drug-likeness (QED) is 0.868. The Bertz CT molecular complexity index is 412. The van der Waals surface area contributed by atoms with Gasteiger partial charge in [-0.2, -0.15) is 15.0 Å². The van der Waals surface area contributed by atoms with Crippen molar-refractivity contribution in [3.63, 3.8) is 0 Å². The van der Waals surface area contributed by atoms with Crippen molar-refractivity contribution in [3.05, 3.63) is 16.9 Å². The van der Waals surface area contributed by atoms with Crippen LogP contribution in [0.3, 0.4) is 0 Å². The summed E-state index contributed by atoms with van der Waals surface area (Å²) < 4.78 is 0.840. The van der Waals surface area contributed by atoms with Crippen LogP contribution in [0.4, 0.5) is 5.95 Å². The molecule has 8 heteroatoms. The third-order valence-electron chi connectivity index (χ3n) is 1.19. The molecule has 0 aliphatic rings. The van der Waals surface area contributed by atoms with Gasteiger partial charge in [0.25, 0.3) is 0 Å². The molecule has 2 aromatic rings. The lowest BCUT2D eigenvalue weighted by Gasteiger charge is -1.97. The lowest BCUT2D eigenvalue weighted by atomic mass is 11.0. The van der Waals surface area contributed by atoms with Gasteiger partial charge in [-0.05, 0) is 23.4 Å². The summed E-state index contributed by atoms with van der Waals surface area (Å²) in [7, 11) is 0. The van der Waals surface area contributed by atoms with Crippen LogP contribution < -0.4 is 5.73 Å². The fraction of sp³-hybridized carbons (Fsp3) is 0. The molecule has 0 aliphatic heterocycles. The largest absolute Gasteiger partial charge is 0.368 e. The first-order chi connectivity index (χ1) is 6.74. The Hall–Kier alpha value is -0.920. The van der Waals surface area contributed by atoms with Crippen molar-refractivity contribution in [2.75, 3.05) is 5.73 Å². The molecule has 2 heterocycles. The molecule has 0 saturated carbocycles. The van der Waals surface area contributed by atoms with Gasteiger partial charge in [0.1, 0.15) is 0 Å². The van der Waals surface area contributed by atoms with E-state index in [4.69, 9.17) is 17.3 Å². The first kappa shape index (κ1) is 9.63. The van der Waals surface area contributed by atoms with Crippen LogP contribution in [0.5, 0.6) is 0 Å². The Kier molecular flexibility index (Phi) is 2.80. The van der Waals surface area contributed by atoms with E-state index in [1.54, 1.807) is 6.20 Å². The van der Waals surface area contributed by atoms with E-state index in [0.29, 0.717) is 5.16 Å². The molecule has 2 N–H and O–H groups in total. The van der Waals surface area contributed by atoms with Crippen LogP contribution >= 0.6 is 34.7 Å². The molecule has 0 unspecified atom stereocenters. The van der Waals surface area contributed by atoms with Gasteiger partial charge in [-0.25, -0.2) is 4.98 Å². The number of nitrogens with zero attached hydrogens (tertiary/aromatic N) is 4. The maximum absolute atomic E-state index is 5.62. The number of nitrogens with two attached hydrogens (primary N) is 1. The van der Waals surface area contributed by atoms with E-state index in [0.717, 1.165) is 4.34 Å². The molecule has 0 saturated heterocycles. The summed E-state index contributed by atoms with van der Waals surface area (Å²) in [6.45, 7) is 0. The standard InChI is InChI=1S/C6H4ClN5S2/c7-3-10-4(8)12-5(11-3)14-6-9-1-2-13-6/h1-2H,(H2,8,10,11,12). The fourth-order valence-electron chi connectivity index (χ4n) is 0.731. The van der Waals surface area contributed by atoms with Crippen LogP contribution in [0.1, 0.15) is 0 Å². The Balaban J connectivity index is 2.25. The second-order valence-electron chi connectivity index (χ2n) is 2.15. The predicted molar refractivity (Wildman–Crippen MR) is 55.5 cm³/mol. The van der Waals surface area contributed by atoms with Crippen molar-refractivity contribution >= 4 is 40.6 Å². The SMILES string of the molecule is Nc1nc(Cl)nc(Sc2nccs2)n1. The molecular formula is C6H4ClN5S2. The van der Waals surface area contributed by atoms with Gasteiger partial charge >= 0.3 is 0 Å². The van der Waals surface area contributed by atoms with Crippen LogP contribution in [-0.2, 0) is 0 Å². The lowest BCUT2D eigenvalue weighted by molar-refractivity contribution is 0.916. The number of rotatable bonds is 2. The normalized spacial score (nSPS) is 10.4. The number of halogens is 1.